The molecule has 2 fully saturated rings. The van der Waals surface area contributed by atoms with Crippen LogP contribution in [0.15, 0.2) is 35.2 Å². The highest BCUT2D eigenvalue weighted by atomic mass is 16.5. The Morgan fingerprint density at radius 3 is 2.85 bits per heavy atom. The van der Waals surface area contributed by atoms with Crippen LogP contribution >= 0.6 is 0 Å². The summed E-state index contributed by atoms with van der Waals surface area (Å²) < 4.78 is 11.8. The van der Waals surface area contributed by atoms with Crippen LogP contribution in [-0.2, 0) is 16.6 Å². The van der Waals surface area contributed by atoms with E-state index in [9.17, 15) is 9.90 Å². The number of ether oxygens (including phenoxy) is 1. The Kier molecular flexibility index (Phi) is 4.79. The van der Waals surface area contributed by atoms with Crippen molar-refractivity contribution in [3.63, 3.8) is 0 Å². The molecular formula is C27H33N3O4. The fraction of sp³-hybridized carbons (Fsp3) is 0.519. The van der Waals surface area contributed by atoms with Crippen molar-refractivity contribution in [3.8, 4) is 11.5 Å². The van der Waals surface area contributed by atoms with Gasteiger partial charge >= 0.3 is 0 Å². The quantitative estimate of drug-likeness (QED) is 0.702. The smallest absolute Gasteiger partial charge is 0.246 e. The Morgan fingerprint density at radius 1 is 1.29 bits per heavy atom. The lowest BCUT2D eigenvalue weighted by molar-refractivity contribution is -0.134. The van der Waals surface area contributed by atoms with Crippen molar-refractivity contribution in [3.05, 3.63) is 47.4 Å². The zero-order valence-corrected chi connectivity index (χ0v) is 20.3. The number of nitrogens with zero attached hydrogens (tertiary/aromatic N) is 3. The number of furan rings is 1. The minimum Gasteiger partial charge on any atom is -0.504 e. The van der Waals surface area contributed by atoms with Crippen molar-refractivity contribution in [2.24, 2.45) is 5.92 Å². The monoisotopic (exact) mass is 463 g/mol. The highest BCUT2D eigenvalue weighted by Gasteiger charge is 2.66. The molecule has 1 N–H and O–H groups in total. The molecule has 4 aliphatic rings. The number of rotatable bonds is 4. The molecule has 6 rings (SSSR count). The molecule has 180 valence electrons. The average molecular weight is 464 g/mol. The summed E-state index contributed by atoms with van der Waals surface area (Å²) in [5.41, 5.74) is 4.30. The Balaban J connectivity index is 1.42. The second-order valence-corrected chi connectivity index (χ2v) is 10.7. The zero-order valence-electron chi connectivity index (χ0n) is 20.3. The van der Waals surface area contributed by atoms with E-state index in [0.29, 0.717) is 17.7 Å². The summed E-state index contributed by atoms with van der Waals surface area (Å²) in [7, 11) is 8.21. The molecule has 1 spiro atoms. The van der Waals surface area contributed by atoms with E-state index in [4.69, 9.17) is 9.15 Å². The van der Waals surface area contributed by atoms with Crippen LogP contribution in [0.1, 0.15) is 36.0 Å². The van der Waals surface area contributed by atoms with Crippen molar-refractivity contribution in [1.29, 1.82) is 0 Å². The summed E-state index contributed by atoms with van der Waals surface area (Å²) >= 11 is 0. The standard InChI is InChI=1S/C27H33N3O4/c1-28(2)20-14-22(31)25-24-17(20)13-21-18-6-7-19(26(34-25)27(18,24)10-11-29(21)3)30(4)23(32)8-5-16-9-12-33-15-16/h5,8-9,12,14-15,18-19,21,26,31H,6-7,10-11,13H2,1-4H3/b8-5+/t18-,19+,21+,26-,27-/m0/s1. The Hall–Kier alpha value is -2.93. The van der Waals surface area contributed by atoms with Crippen molar-refractivity contribution in [1.82, 2.24) is 9.80 Å². The van der Waals surface area contributed by atoms with Gasteiger partial charge in [0.1, 0.15) is 6.10 Å². The van der Waals surface area contributed by atoms with Crippen molar-refractivity contribution in [2.75, 3.05) is 39.6 Å². The molecule has 7 heteroatoms. The third kappa shape index (κ3) is 2.82. The van der Waals surface area contributed by atoms with Gasteiger partial charge in [-0.05, 0) is 62.9 Å². The summed E-state index contributed by atoms with van der Waals surface area (Å²) in [5, 5.41) is 11.0. The number of anilines is 1. The van der Waals surface area contributed by atoms with Crippen molar-refractivity contribution >= 4 is 17.7 Å². The lowest BCUT2D eigenvalue weighted by Gasteiger charge is -2.60. The molecule has 0 radical (unpaired) electrons. The number of hydrogen-bond donors (Lipinski definition) is 1. The van der Waals surface area contributed by atoms with Crippen LogP contribution in [0.25, 0.3) is 6.08 Å². The molecule has 2 aliphatic heterocycles. The molecule has 34 heavy (non-hydrogen) atoms. The van der Waals surface area contributed by atoms with E-state index in [0.717, 1.165) is 43.5 Å². The second-order valence-electron chi connectivity index (χ2n) is 10.7. The van der Waals surface area contributed by atoms with Gasteiger partial charge in [-0.3, -0.25) is 4.79 Å². The number of phenols is 1. The van der Waals surface area contributed by atoms with Crippen LogP contribution in [0.2, 0.25) is 0 Å². The highest BCUT2D eigenvalue weighted by molar-refractivity contribution is 5.92. The first-order valence-corrected chi connectivity index (χ1v) is 12.2. The molecule has 1 amide bonds. The van der Waals surface area contributed by atoms with E-state index in [1.165, 1.54) is 11.1 Å². The first-order valence-electron chi connectivity index (χ1n) is 12.2. The second kappa shape index (κ2) is 7.54. The van der Waals surface area contributed by atoms with Gasteiger partial charge in [0, 0.05) is 61.6 Å². The van der Waals surface area contributed by atoms with Crippen molar-refractivity contribution in [2.45, 2.75) is 49.3 Å². The van der Waals surface area contributed by atoms with Gasteiger partial charge in [0.2, 0.25) is 5.91 Å². The first kappa shape index (κ1) is 21.6. The largest absolute Gasteiger partial charge is 0.504 e. The molecule has 7 nitrogen and oxygen atoms in total. The molecule has 1 aromatic carbocycles. The summed E-state index contributed by atoms with van der Waals surface area (Å²) in [4.78, 5) is 19.7. The summed E-state index contributed by atoms with van der Waals surface area (Å²) in [6.45, 7) is 0.998. The fourth-order valence-corrected chi connectivity index (χ4v) is 7.39. The van der Waals surface area contributed by atoms with E-state index in [-0.39, 0.29) is 29.2 Å². The summed E-state index contributed by atoms with van der Waals surface area (Å²) in [5.74, 6) is 1.29. The molecule has 1 saturated carbocycles. The molecule has 3 heterocycles. The number of piperidine rings is 1. The number of hydrogen-bond acceptors (Lipinski definition) is 6. The molecule has 2 bridgehead atoms. The number of amides is 1. The van der Waals surface area contributed by atoms with Crippen LogP contribution in [0.3, 0.4) is 0 Å². The Bertz CT molecular complexity index is 1160. The Morgan fingerprint density at radius 2 is 2.12 bits per heavy atom. The predicted molar refractivity (Wildman–Crippen MR) is 130 cm³/mol. The number of likely N-dealkylation sites (N-methyl/N-ethyl adjacent to an activating group) is 2. The molecule has 1 aromatic heterocycles. The molecule has 2 aliphatic carbocycles. The first-order chi connectivity index (χ1) is 16.3. The number of aromatic hydroxyl groups is 1. The average Bonchev–Trinajstić information content (AvgIpc) is 3.46. The van der Waals surface area contributed by atoms with Gasteiger partial charge in [-0.2, -0.15) is 0 Å². The molecule has 0 unspecified atom stereocenters. The third-order valence-electron chi connectivity index (χ3n) is 8.96. The molecule has 1 saturated heterocycles. The topological polar surface area (TPSA) is 69.4 Å². The van der Waals surface area contributed by atoms with E-state index < -0.39 is 0 Å². The normalized spacial score (nSPS) is 31.3. The van der Waals surface area contributed by atoms with Gasteiger partial charge in [0.25, 0.3) is 0 Å². The minimum atomic E-state index is -0.171. The van der Waals surface area contributed by atoms with Gasteiger partial charge in [0.05, 0.1) is 18.6 Å². The number of likely N-dealkylation sites (tertiary alicyclic amines) is 1. The lowest BCUT2D eigenvalue weighted by atomic mass is 9.51. The van der Waals surface area contributed by atoms with Gasteiger partial charge < -0.3 is 29.0 Å². The number of benzene rings is 1. The molecule has 2 aromatic rings. The molecule has 5 atom stereocenters. The summed E-state index contributed by atoms with van der Waals surface area (Å²) in [6, 6.07) is 4.08. The van der Waals surface area contributed by atoms with Gasteiger partial charge in [-0.25, -0.2) is 0 Å². The van der Waals surface area contributed by atoms with Gasteiger partial charge in [0.15, 0.2) is 11.5 Å². The summed E-state index contributed by atoms with van der Waals surface area (Å²) in [6.07, 6.45) is 10.4. The maximum atomic E-state index is 13.2. The van der Waals surface area contributed by atoms with Gasteiger partial charge in [-0.15, -0.1) is 0 Å². The zero-order chi connectivity index (χ0) is 23.8. The maximum absolute atomic E-state index is 13.2. The maximum Gasteiger partial charge on any atom is 0.246 e. The number of carbonyl (C=O) groups is 1. The fourth-order valence-electron chi connectivity index (χ4n) is 7.39. The minimum absolute atomic E-state index is 0.0423. The highest BCUT2D eigenvalue weighted by Crippen LogP contribution is 2.65. The van der Waals surface area contributed by atoms with E-state index in [1.807, 2.05) is 38.2 Å². The van der Waals surface area contributed by atoms with Crippen LogP contribution in [-0.4, -0.2) is 73.7 Å². The van der Waals surface area contributed by atoms with Crippen LogP contribution in [0, 0.1) is 5.92 Å². The van der Waals surface area contributed by atoms with E-state index >= 15 is 0 Å². The Labute approximate surface area is 200 Å². The SMILES string of the molecule is CN(C)c1cc(O)c2c3c1C[C@@H]1[C@@H]4CC[C@@H](N(C)C(=O)/C=C/c5ccoc5)[C@H](O2)[C@]34CCN1C. The van der Waals surface area contributed by atoms with E-state index in [2.05, 4.69) is 16.8 Å². The van der Waals surface area contributed by atoms with Crippen LogP contribution < -0.4 is 9.64 Å². The van der Waals surface area contributed by atoms with Crippen molar-refractivity contribution < 1.29 is 19.1 Å². The van der Waals surface area contributed by atoms with E-state index in [1.54, 1.807) is 24.7 Å². The van der Waals surface area contributed by atoms with Crippen LogP contribution in [0.5, 0.6) is 11.5 Å². The predicted octanol–water partition coefficient (Wildman–Crippen LogP) is 3.26. The third-order valence-corrected chi connectivity index (χ3v) is 8.96. The number of carbonyl (C=O) groups excluding carboxylic acids is 1. The lowest BCUT2D eigenvalue weighted by Crippen LogP contribution is -2.68. The van der Waals surface area contributed by atoms with Crippen LogP contribution in [0.4, 0.5) is 5.69 Å². The van der Waals surface area contributed by atoms with Gasteiger partial charge in [-0.1, -0.05) is 0 Å². The molecular weight excluding hydrogens is 430 g/mol. The number of phenolic OH excluding ortho intramolecular Hbond substituents is 1.